The van der Waals surface area contributed by atoms with Gasteiger partial charge < -0.3 is 15.1 Å². The summed E-state index contributed by atoms with van der Waals surface area (Å²) in [6.45, 7) is 4.90. The Morgan fingerprint density at radius 3 is 2.96 bits per heavy atom. The fraction of sp³-hybridized carbons (Fsp3) is 0.429. The van der Waals surface area contributed by atoms with Gasteiger partial charge in [-0.3, -0.25) is 9.59 Å². The van der Waals surface area contributed by atoms with E-state index in [0.717, 1.165) is 37.2 Å². The van der Waals surface area contributed by atoms with E-state index in [2.05, 4.69) is 16.8 Å². The molecule has 5 nitrogen and oxygen atoms in total. The summed E-state index contributed by atoms with van der Waals surface area (Å²) in [6, 6.07) is 9.88. The minimum Gasteiger partial charge on any atom is -0.374 e. The molecule has 0 bridgehead atoms. The van der Waals surface area contributed by atoms with Crippen LogP contribution in [0.3, 0.4) is 0 Å². The molecule has 1 atom stereocenters. The molecule has 2 aliphatic rings. The molecule has 1 aromatic carbocycles. The molecule has 1 unspecified atom stereocenters. The Hall–Kier alpha value is -2.34. The second kappa shape index (κ2) is 7.72. The predicted octanol–water partition coefficient (Wildman–Crippen LogP) is 3.26. The number of nitrogens with one attached hydrogen (secondary N) is 1. The lowest BCUT2D eigenvalue weighted by Gasteiger charge is -2.30. The summed E-state index contributed by atoms with van der Waals surface area (Å²) in [4.78, 5) is 29.9. The molecule has 2 aromatic rings. The molecular formula is C21H25N3O2S. The van der Waals surface area contributed by atoms with E-state index in [4.69, 9.17) is 0 Å². The summed E-state index contributed by atoms with van der Waals surface area (Å²) in [5, 5.41) is 5.45. The van der Waals surface area contributed by atoms with E-state index in [-0.39, 0.29) is 17.9 Å². The van der Waals surface area contributed by atoms with Crippen molar-refractivity contribution in [3.63, 3.8) is 0 Å². The maximum Gasteiger partial charge on any atom is 0.245 e. The summed E-state index contributed by atoms with van der Waals surface area (Å²) in [5.41, 5.74) is 3.30. The molecule has 27 heavy (non-hydrogen) atoms. The van der Waals surface area contributed by atoms with E-state index in [1.807, 2.05) is 41.0 Å². The van der Waals surface area contributed by atoms with Gasteiger partial charge in [0, 0.05) is 43.2 Å². The fourth-order valence-electron chi connectivity index (χ4n) is 3.87. The second-order valence-electron chi connectivity index (χ2n) is 7.36. The molecule has 0 radical (unpaired) electrons. The molecule has 6 heteroatoms. The standard InChI is InChI=1S/C21H25N3O2S/c1-15(21(26)24-10-7-19-17(14-24)8-11-27-19)22-18-5-2-4-16(12-18)13-23-9-3-6-20(23)25/h2,4-5,8,11-12,15,22H,3,6-7,9-10,13-14H2,1H3. The lowest BCUT2D eigenvalue weighted by molar-refractivity contribution is -0.132. The molecule has 1 aromatic heterocycles. The number of anilines is 1. The highest BCUT2D eigenvalue weighted by Gasteiger charge is 2.25. The maximum atomic E-state index is 12.9. The minimum absolute atomic E-state index is 0.131. The quantitative estimate of drug-likeness (QED) is 0.862. The molecular weight excluding hydrogens is 358 g/mol. The van der Waals surface area contributed by atoms with Gasteiger partial charge in [0.25, 0.3) is 0 Å². The third-order valence-electron chi connectivity index (χ3n) is 5.34. The number of hydrogen-bond acceptors (Lipinski definition) is 4. The van der Waals surface area contributed by atoms with Crippen LogP contribution in [0.15, 0.2) is 35.7 Å². The Balaban J connectivity index is 1.37. The molecule has 2 amide bonds. The molecule has 1 saturated heterocycles. The van der Waals surface area contributed by atoms with Crippen molar-refractivity contribution in [1.29, 1.82) is 0 Å². The first-order chi connectivity index (χ1) is 13.1. The van der Waals surface area contributed by atoms with E-state index < -0.39 is 0 Å². The van der Waals surface area contributed by atoms with Crippen LogP contribution in [0, 0.1) is 0 Å². The topological polar surface area (TPSA) is 52.7 Å². The average molecular weight is 384 g/mol. The molecule has 4 rings (SSSR count). The fourth-order valence-corrected chi connectivity index (χ4v) is 4.76. The van der Waals surface area contributed by atoms with Crippen LogP contribution in [0.5, 0.6) is 0 Å². The normalized spacial score (nSPS) is 17.7. The van der Waals surface area contributed by atoms with Crippen LogP contribution in [-0.4, -0.2) is 40.7 Å². The van der Waals surface area contributed by atoms with Crippen LogP contribution in [-0.2, 0) is 29.1 Å². The summed E-state index contributed by atoms with van der Waals surface area (Å²) >= 11 is 1.78. The summed E-state index contributed by atoms with van der Waals surface area (Å²) in [7, 11) is 0. The van der Waals surface area contributed by atoms with Crippen molar-refractivity contribution in [3.05, 3.63) is 51.7 Å². The van der Waals surface area contributed by atoms with Crippen LogP contribution in [0.2, 0.25) is 0 Å². The number of fused-ring (bicyclic) bond motifs is 1. The first kappa shape index (κ1) is 18.0. The van der Waals surface area contributed by atoms with Gasteiger partial charge >= 0.3 is 0 Å². The van der Waals surface area contributed by atoms with E-state index in [9.17, 15) is 9.59 Å². The van der Waals surface area contributed by atoms with Gasteiger partial charge in [-0.2, -0.15) is 0 Å². The first-order valence-corrected chi connectivity index (χ1v) is 10.5. The molecule has 1 fully saturated rings. The lowest BCUT2D eigenvalue weighted by Crippen LogP contribution is -2.43. The lowest BCUT2D eigenvalue weighted by atomic mass is 10.1. The number of benzene rings is 1. The number of amides is 2. The number of carbonyl (C=O) groups is 2. The van der Waals surface area contributed by atoms with Crippen molar-refractivity contribution in [2.75, 3.05) is 18.4 Å². The van der Waals surface area contributed by atoms with Gasteiger partial charge in [-0.25, -0.2) is 0 Å². The van der Waals surface area contributed by atoms with Gasteiger partial charge in [0.2, 0.25) is 11.8 Å². The number of likely N-dealkylation sites (tertiary alicyclic amines) is 1. The molecule has 0 aliphatic carbocycles. The van der Waals surface area contributed by atoms with Gasteiger partial charge in [0.1, 0.15) is 6.04 Å². The molecule has 142 valence electrons. The Morgan fingerprint density at radius 2 is 2.15 bits per heavy atom. The zero-order valence-corrected chi connectivity index (χ0v) is 16.4. The Kier molecular flexibility index (Phi) is 5.16. The van der Waals surface area contributed by atoms with Crippen LogP contribution >= 0.6 is 11.3 Å². The number of hydrogen-bond donors (Lipinski definition) is 1. The van der Waals surface area contributed by atoms with Crippen molar-refractivity contribution in [1.82, 2.24) is 9.80 Å². The highest BCUT2D eigenvalue weighted by atomic mass is 32.1. The van der Waals surface area contributed by atoms with Crippen molar-refractivity contribution in [2.24, 2.45) is 0 Å². The largest absolute Gasteiger partial charge is 0.374 e. The van der Waals surface area contributed by atoms with E-state index in [1.54, 1.807) is 11.3 Å². The van der Waals surface area contributed by atoms with Gasteiger partial charge in [-0.15, -0.1) is 11.3 Å². The van der Waals surface area contributed by atoms with Gasteiger partial charge in [-0.05, 0) is 54.5 Å². The SMILES string of the molecule is CC(Nc1cccc(CN2CCCC2=O)c1)C(=O)N1CCc2sccc2C1. The number of thiophene rings is 1. The van der Waals surface area contributed by atoms with Crippen molar-refractivity contribution in [3.8, 4) is 0 Å². The maximum absolute atomic E-state index is 12.9. The van der Waals surface area contributed by atoms with E-state index in [1.165, 1.54) is 10.4 Å². The smallest absolute Gasteiger partial charge is 0.245 e. The average Bonchev–Trinajstić information content (AvgIpc) is 3.30. The van der Waals surface area contributed by atoms with E-state index in [0.29, 0.717) is 19.5 Å². The van der Waals surface area contributed by atoms with Crippen molar-refractivity contribution >= 4 is 28.8 Å². The first-order valence-electron chi connectivity index (χ1n) is 9.57. The van der Waals surface area contributed by atoms with Gasteiger partial charge in [0.05, 0.1) is 0 Å². The third kappa shape index (κ3) is 4.00. The predicted molar refractivity (Wildman–Crippen MR) is 108 cm³/mol. The zero-order valence-electron chi connectivity index (χ0n) is 15.6. The van der Waals surface area contributed by atoms with Crippen LogP contribution in [0.25, 0.3) is 0 Å². The van der Waals surface area contributed by atoms with Crippen LogP contribution < -0.4 is 5.32 Å². The highest BCUT2D eigenvalue weighted by molar-refractivity contribution is 7.10. The number of nitrogens with zero attached hydrogens (tertiary/aromatic N) is 2. The minimum atomic E-state index is -0.283. The second-order valence-corrected chi connectivity index (χ2v) is 8.36. The molecule has 0 saturated carbocycles. The van der Waals surface area contributed by atoms with Crippen molar-refractivity contribution < 1.29 is 9.59 Å². The van der Waals surface area contributed by atoms with Crippen molar-refractivity contribution in [2.45, 2.75) is 45.3 Å². The molecule has 3 heterocycles. The third-order valence-corrected chi connectivity index (χ3v) is 6.37. The molecule has 2 aliphatic heterocycles. The summed E-state index contributed by atoms with van der Waals surface area (Å²) < 4.78 is 0. The van der Waals surface area contributed by atoms with Crippen LogP contribution in [0.1, 0.15) is 35.8 Å². The number of carbonyl (C=O) groups excluding carboxylic acids is 2. The van der Waals surface area contributed by atoms with Gasteiger partial charge in [-0.1, -0.05) is 12.1 Å². The van der Waals surface area contributed by atoms with E-state index >= 15 is 0 Å². The Labute approximate surface area is 164 Å². The Morgan fingerprint density at radius 1 is 1.26 bits per heavy atom. The Bertz CT molecular complexity index is 847. The monoisotopic (exact) mass is 383 g/mol. The molecule has 0 spiro atoms. The number of rotatable bonds is 5. The highest BCUT2D eigenvalue weighted by Crippen LogP contribution is 2.25. The van der Waals surface area contributed by atoms with Crippen LogP contribution in [0.4, 0.5) is 5.69 Å². The summed E-state index contributed by atoms with van der Waals surface area (Å²) in [6.07, 6.45) is 2.56. The van der Waals surface area contributed by atoms with Gasteiger partial charge in [0.15, 0.2) is 0 Å². The zero-order chi connectivity index (χ0) is 18.8. The summed E-state index contributed by atoms with van der Waals surface area (Å²) in [5.74, 6) is 0.363. The molecule has 1 N–H and O–H groups in total.